The molecule has 0 aliphatic carbocycles. The summed E-state index contributed by atoms with van der Waals surface area (Å²) in [5.74, 6) is -0.0464. The van der Waals surface area contributed by atoms with E-state index in [0.717, 1.165) is 30.6 Å². The van der Waals surface area contributed by atoms with Crippen molar-refractivity contribution in [1.29, 1.82) is 0 Å². The fraction of sp³-hybridized carbons (Fsp3) is 0.0370. The Kier molecular flexibility index (Phi) is 5.25. The van der Waals surface area contributed by atoms with E-state index in [0.29, 0.717) is 16.3 Å². The SMILES string of the molecule is Cc1ccc2c(c1)c(=O)c1ccccc1[s+]2-c1ccc(C(=O)Oc2cccc(Cl)c2)cc1. The molecule has 5 aromatic rings. The first-order valence-corrected chi connectivity index (χ1v) is 11.7. The Morgan fingerprint density at radius 3 is 2.34 bits per heavy atom. The third-order valence-corrected chi connectivity index (χ3v) is 7.85. The van der Waals surface area contributed by atoms with E-state index in [4.69, 9.17) is 16.3 Å². The summed E-state index contributed by atoms with van der Waals surface area (Å²) in [6, 6.07) is 28.0. The van der Waals surface area contributed by atoms with Crippen LogP contribution in [0.4, 0.5) is 0 Å². The predicted molar refractivity (Wildman–Crippen MR) is 133 cm³/mol. The van der Waals surface area contributed by atoms with E-state index in [1.807, 2.05) is 61.5 Å². The molecule has 1 aromatic heterocycles. The minimum absolute atomic E-state index is 0.0600. The molecular weight excluding hydrogens is 440 g/mol. The number of esters is 1. The molecule has 5 heteroatoms. The number of benzene rings is 4. The van der Waals surface area contributed by atoms with Gasteiger partial charge >= 0.3 is 5.97 Å². The highest BCUT2D eigenvalue weighted by Gasteiger charge is 2.23. The van der Waals surface area contributed by atoms with E-state index < -0.39 is 16.4 Å². The molecule has 0 aliphatic rings. The Morgan fingerprint density at radius 2 is 1.56 bits per heavy atom. The van der Waals surface area contributed by atoms with Crippen LogP contribution in [0.25, 0.3) is 25.1 Å². The number of ether oxygens (including phenoxy) is 1. The normalized spacial score (nSPS) is 11.6. The van der Waals surface area contributed by atoms with Gasteiger partial charge in [-0.05, 0) is 79.2 Å². The van der Waals surface area contributed by atoms with E-state index in [1.54, 1.807) is 36.4 Å². The lowest BCUT2D eigenvalue weighted by atomic mass is 10.1. The standard InChI is InChI=1S/C27H18ClO3S/c1-17-9-14-25-23(15-17)26(29)22-7-2-3-8-24(22)32(25)21-12-10-18(11-13-21)27(30)31-20-6-4-5-19(28)16-20/h2-16H,1H3/q+1. The number of fused-ring (bicyclic) bond motifs is 2. The van der Waals surface area contributed by atoms with Crippen LogP contribution in [0.1, 0.15) is 15.9 Å². The summed E-state index contributed by atoms with van der Waals surface area (Å²) in [6.45, 7) is 1.99. The molecule has 5 rings (SSSR count). The Labute approximate surface area is 192 Å². The molecule has 1 atom stereocenters. The van der Waals surface area contributed by atoms with E-state index >= 15 is 0 Å². The summed E-state index contributed by atoms with van der Waals surface area (Å²) in [5.41, 5.74) is 1.56. The maximum Gasteiger partial charge on any atom is 0.343 e. The number of rotatable bonds is 3. The van der Waals surface area contributed by atoms with Crippen molar-refractivity contribution in [2.24, 2.45) is 0 Å². The van der Waals surface area contributed by atoms with Crippen LogP contribution < -0.4 is 10.2 Å². The van der Waals surface area contributed by atoms with Crippen LogP contribution in [-0.4, -0.2) is 5.97 Å². The third kappa shape index (κ3) is 3.68. The summed E-state index contributed by atoms with van der Waals surface area (Å²) in [6.07, 6.45) is 0. The molecule has 0 N–H and O–H groups in total. The highest BCUT2D eigenvalue weighted by Crippen LogP contribution is 2.43. The molecule has 3 nitrogen and oxygen atoms in total. The predicted octanol–water partition coefficient (Wildman–Crippen LogP) is 7.27. The Hall–Kier alpha value is -3.47. The molecule has 1 unspecified atom stereocenters. The smallest absolute Gasteiger partial charge is 0.343 e. The first-order chi connectivity index (χ1) is 15.5. The van der Waals surface area contributed by atoms with Gasteiger partial charge in [0.2, 0.25) is 5.43 Å². The lowest BCUT2D eigenvalue weighted by Crippen LogP contribution is -2.08. The number of hydrogen-bond donors (Lipinski definition) is 0. The van der Waals surface area contributed by atoms with Gasteiger partial charge in [-0.25, -0.2) is 4.79 Å². The van der Waals surface area contributed by atoms with Crippen molar-refractivity contribution in [2.45, 2.75) is 6.92 Å². The van der Waals surface area contributed by atoms with Gasteiger partial charge in [-0.3, -0.25) is 4.79 Å². The van der Waals surface area contributed by atoms with Crippen molar-refractivity contribution < 1.29 is 9.53 Å². The second-order valence-electron chi connectivity index (χ2n) is 7.50. The van der Waals surface area contributed by atoms with Crippen LogP contribution in [-0.2, 0) is 0 Å². The second kappa shape index (κ2) is 8.23. The summed E-state index contributed by atoms with van der Waals surface area (Å²) >= 11 is 5.97. The number of aryl methyl sites for hydroxylation is 1. The molecular formula is C27H18ClO3S+. The number of halogens is 1. The fourth-order valence-electron chi connectivity index (χ4n) is 3.77. The zero-order chi connectivity index (χ0) is 22.2. The zero-order valence-electron chi connectivity index (χ0n) is 17.2. The maximum atomic E-state index is 13.1. The maximum absolute atomic E-state index is 13.1. The molecule has 0 bridgehead atoms. The van der Waals surface area contributed by atoms with Gasteiger partial charge in [-0.15, -0.1) is 0 Å². The van der Waals surface area contributed by atoms with Crippen LogP contribution in [0.5, 0.6) is 5.75 Å². The molecule has 0 amide bonds. The van der Waals surface area contributed by atoms with Gasteiger partial charge in [0.05, 0.1) is 16.3 Å². The first-order valence-electron chi connectivity index (χ1n) is 10.1. The monoisotopic (exact) mass is 457 g/mol. The first kappa shape index (κ1) is 20.4. The summed E-state index contributed by atoms with van der Waals surface area (Å²) in [7, 11) is -0.440. The molecule has 4 aromatic carbocycles. The molecule has 32 heavy (non-hydrogen) atoms. The molecule has 0 fully saturated rings. The van der Waals surface area contributed by atoms with Crippen molar-refractivity contribution in [1.82, 2.24) is 0 Å². The van der Waals surface area contributed by atoms with Gasteiger partial charge in [-0.2, -0.15) is 0 Å². The van der Waals surface area contributed by atoms with Crippen LogP contribution in [0.2, 0.25) is 5.02 Å². The quantitative estimate of drug-likeness (QED) is 0.124. The minimum Gasteiger partial charge on any atom is -0.423 e. The van der Waals surface area contributed by atoms with E-state index in [1.165, 1.54) is 0 Å². The van der Waals surface area contributed by atoms with Crippen LogP contribution in [0, 0.1) is 6.92 Å². The topological polar surface area (TPSA) is 43.4 Å². The lowest BCUT2D eigenvalue weighted by molar-refractivity contribution is 0.0735. The molecule has 0 saturated carbocycles. The fourth-order valence-corrected chi connectivity index (χ4v) is 6.28. The highest BCUT2D eigenvalue weighted by molar-refractivity contribution is 7.49. The van der Waals surface area contributed by atoms with Crippen LogP contribution >= 0.6 is 22.1 Å². The number of carbonyl (C=O) groups is 1. The van der Waals surface area contributed by atoms with Gasteiger partial charge < -0.3 is 4.74 Å². The highest BCUT2D eigenvalue weighted by atomic mass is 35.5. The lowest BCUT2D eigenvalue weighted by Gasteiger charge is -2.06. The number of hydrogen-bond acceptors (Lipinski definition) is 3. The van der Waals surface area contributed by atoms with Crippen molar-refractivity contribution in [2.75, 3.05) is 0 Å². The number of carbonyl (C=O) groups excluding carboxylic acids is 1. The van der Waals surface area contributed by atoms with Gasteiger partial charge in [0.1, 0.15) is 5.75 Å². The van der Waals surface area contributed by atoms with E-state index in [-0.39, 0.29) is 5.43 Å². The third-order valence-electron chi connectivity index (χ3n) is 5.28. The summed E-state index contributed by atoms with van der Waals surface area (Å²) in [5, 5.41) is 1.99. The average molecular weight is 458 g/mol. The second-order valence-corrected chi connectivity index (χ2v) is 9.90. The average Bonchev–Trinajstić information content (AvgIpc) is 2.80. The van der Waals surface area contributed by atoms with Crippen molar-refractivity contribution in [3.8, 4) is 10.6 Å². The van der Waals surface area contributed by atoms with Gasteiger partial charge in [0, 0.05) is 15.5 Å². The molecule has 0 aliphatic heterocycles. The largest absolute Gasteiger partial charge is 0.423 e. The zero-order valence-corrected chi connectivity index (χ0v) is 18.7. The summed E-state index contributed by atoms with van der Waals surface area (Å²) in [4.78, 5) is 26.7. The minimum atomic E-state index is -0.447. The molecule has 1 heterocycles. The van der Waals surface area contributed by atoms with Crippen molar-refractivity contribution in [3.05, 3.63) is 117 Å². The van der Waals surface area contributed by atoms with Crippen molar-refractivity contribution in [3.63, 3.8) is 0 Å². The van der Waals surface area contributed by atoms with E-state index in [2.05, 4.69) is 0 Å². The van der Waals surface area contributed by atoms with Gasteiger partial charge in [0.15, 0.2) is 14.3 Å². The Morgan fingerprint density at radius 1 is 0.812 bits per heavy atom. The Bertz CT molecular complexity index is 1550. The van der Waals surface area contributed by atoms with Crippen LogP contribution in [0.3, 0.4) is 0 Å². The molecule has 0 saturated heterocycles. The van der Waals surface area contributed by atoms with Gasteiger partial charge in [0.25, 0.3) is 0 Å². The Balaban J connectivity index is 1.60. The molecule has 0 radical (unpaired) electrons. The van der Waals surface area contributed by atoms with Gasteiger partial charge in [-0.1, -0.05) is 35.9 Å². The molecule has 156 valence electrons. The van der Waals surface area contributed by atoms with Crippen LogP contribution in [0.15, 0.2) is 95.8 Å². The molecule has 0 spiro atoms. The van der Waals surface area contributed by atoms with Crippen molar-refractivity contribution >= 4 is 48.2 Å². The summed E-state index contributed by atoms with van der Waals surface area (Å²) < 4.78 is 7.45. The van der Waals surface area contributed by atoms with E-state index in [9.17, 15) is 9.59 Å².